The molecule has 0 amide bonds. The van der Waals surface area contributed by atoms with Crippen molar-refractivity contribution in [1.29, 1.82) is 0 Å². The summed E-state index contributed by atoms with van der Waals surface area (Å²) in [4.78, 5) is 10.7. The predicted octanol–water partition coefficient (Wildman–Crippen LogP) is 2.87. The van der Waals surface area contributed by atoms with Crippen LogP contribution in [-0.2, 0) is 6.54 Å². The second-order valence-corrected chi connectivity index (χ2v) is 6.01. The number of nitro benzene ring substituents is 1. The third-order valence-electron chi connectivity index (χ3n) is 4.79. The topological polar surface area (TPSA) is 78.4 Å². The Hall–Kier alpha value is -1.62. The number of rotatable bonds is 5. The van der Waals surface area contributed by atoms with Crippen molar-refractivity contribution in [2.24, 2.45) is 23.5 Å². The Morgan fingerprint density at radius 3 is 2.80 bits per heavy atom. The Morgan fingerprint density at radius 2 is 2.20 bits per heavy atom. The van der Waals surface area contributed by atoms with E-state index in [0.29, 0.717) is 24.8 Å². The summed E-state index contributed by atoms with van der Waals surface area (Å²) in [5, 5.41) is 11.1. The minimum absolute atomic E-state index is 0.0242. The van der Waals surface area contributed by atoms with Crippen LogP contribution in [0.3, 0.4) is 0 Å². The number of nitrogens with zero attached hydrogens (tertiary/aromatic N) is 1. The fraction of sp³-hybridized carbons (Fsp3) is 0.600. The Kier molecular flexibility index (Phi) is 3.61. The number of benzene rings is 1. The van der Waals surface area contributed by atoms with Gasteiger partial charge in [-0.05, 0) is 48.6 Å². The Bertz CT molecular complexity index is 518. The van der Waals surface area contributed by atoms with Crippen molar-refractivity contribution in [2.45, 2.75) is 32.2 Å². The van der Waals surface area contributed by atoms with E-state index >= 15 is 0 Å². The van der Waals surface area contributed by atoms with Crippen molar-refractivity contribution >= 4 is 5.69 Å². The number of ether oxygens (including phenoxy) is 1. The summed E-state index contributed by atoms with van der Waals surface area (Å²) in [6.45, 7) is 0.900. The number of fused-ring (bicyclic) bond motifs is 2. The number of hydrogen-bond acceptors (Lipinski definition) is 4. The lowest BCUT2D eigenvalue weighted by Gasteiger charge is -2.21. The van der Waals surface area contributed by atoms with Crippen LogP contribution in [0.1, 0.15) is 31.2 Å². The van der Waals surface area contributed by atoms with Gasteiger partial charge in [-0.2, -0.15) is 0 Å². The van der Waals surface area contributed by atoms with Gasteiger partial charge in [0.15, 0.2) is 5.75 Å². The SMILES string of the molecule is NCc1ccc(OCC2CC3CCC2C3)c([N+](=O)[O-])c1. The molecule has 0 heterocycles. The molecule has 2 aliphatic carbocycles. The highest BCUT2D eigenvalue weighted by Crippen LogP contribution is 2.48. The Labute approximate surface area is 118 Å². The van der Waals surface area contributed by atoms with E-state index in [1.807, 2.05) is 0 Å². The molecule has 0 aliphatic heterocycles. The van der Waals surface area contributed by atoms with Crippen molar-refractivity contribution in [2.75, 3.05) is 6.61 Å². The van der Waals surface area contributed by atoms with E-state index in [2.05, 4.69) is 0 Å². The van der Waals surface area contributed by atoms with Crippen LogP contribution in [-0.4, -0.2) is 11.5 Å². The summed E-state index contributed by atoms with van der Waals surface area (Å²) in [5.74, 6) is 2.57. The fourth-order valence-electron chi connectivity index (χ4n) is 3.73. The molecule has 0 aromatic heterocycles. The van der Waals surface area contributed by atoms with Crippen LogP contribution in [0.25, 0.3) is 0 Å². The maximum atomic E-state index is 11.1. The average Bonchev–Trinajstić information content (AvgIpc) is 3.07. The highest BCUT2D eigenvalue weighted by Gasteiger charge is 2.39. The highest BCUT2D eigenvalue weighted by molar-refractivity contribution is 5.48. The van der Waals surface area contributed by atoms with Gasteiger partial charge >= 0.3 is 5.69 Å². The average molecular weight is 276 g/mol. The molecule has 108 valence electrons. The van der Waals surface area contributed by atoms with E-state index in [9.17, 15) is 10.1 Å². The third-order valence-corrected chi connectivity index (χ3v) is 4.79. The van der Waals surface area contributed by atoms with Gasteiger partial charge in [0.05, 0.1) is 11.5 Å². The standard InChI is InChI=1S/C15H20N2O3/c16-8-11-2-4-15(14(7-11)17(18)19)20-9-13-6-10-1-3-12(13)5-10/h2,4,7,10,12-13H,1,3,5-6,8-9,16H2. The zero-order valence-electron chi connectivity index (χ0n) is 11.5. The molecule has 0 saturated heterocycles. The minimum atomic E-state index is -0.394. The monoisotopic (exact) mass is 276 g/mol. The van der Waals surface area contributed by atoms with Gasteiger partial charge in [-0.1, -0.05) is 12.5 Å². The van der Waals surface area contributed by atoms with Gasteiger partial charge in [0, 0.05) is 12.6 Å². The lowest BCUT2D eigenvalue weighted by Crippen LogP contribution is -2.18. The molecule has 0 radical (unpaired) electrons. The van der Waals surface area contributed by atoms with Crippen molar-refractivity contribution in [1.82, 2.24) is 0 Å². The van der Waals surface area contributed by atoms with E-state index in [1.54, 1.807) is 12.1 Å². The molecule has 3 atom stereocenters. The molecule has 5 heteroatoms. The number of nitrogens with two attached hydrogens (primary N) is 1. The lowest BCUT2D eigenvalue weighted by atomic mass is 9.89. The second-order valence-electron chi connectivity index (χ2n) is 6.01. The van der Waals surface area contributed by atoms with Crippen LogP contribution < -0.4 is 10.5 Å². The molecular formula is C15H20N2O3. The van der Waals surface area contributed by atoms with Crippen molar-refractivity contribution in [3.8, 4) is 5.75 Å². The lowest BCUT2D eigenvalue weighted by molar-refractivity contribution is -0.386. The molecule has 3 rings (SSSR count). The molecule has 0 spiro atoms. The molecule has 2 N–H and O–H groups in total. The molecule has 2 bridgehead atoms. The summed E-state index contributed by atoms with van der Waals surface area (Å²) in [6.07, 6.45) is 5.20. The van der Waals surface area contributed by atoms with E-state index < -0.39 is 4.92 Å². The van der Waals surface area contributed by atoms with Crippen LogP contribution in [0, 0.1) is 27.9 Å². The molecule has 1 aromatic carbocycles. The second kappa shape index (κ2) is 5.40. The van der Waals surface area contributed by atoms with Crippen molar-refractivity contribution < 1.29 is 9.66 Å². The summed E-state index contributed by atoms with van der Waals surface area (Å²) < 4.78 is 5.75. The van der Waals surface area contributed by atoms with Gasteiger partial charge < -0.3 is 10.5 Å². The quantitative estimate of drug-likeness (QED) is 0.662. The Balaban J connectivity index is 1.69. The van der Waals surface area contributed by atoms with E-state index in [4.69, 9.17) is 10.5 Å². The first kappa shape index (κ1) is 13.4. The molecule has 20 heavy (non-hydrogen) atoms. The maximum Gasteiger partial charge on any atom is 0.311 e. The smallest absolute Gasteiger partial charge is 0.311 e. The van der Waals surface area contributed by atoms with Crippen LogP contribution in [0.15, 0.2) is 18.2 Å². The fourth-order valence-corrected chi connectivity index (χ4v) is 3.73. The first-order chi connectivity index (χ1) is 9.67. The van der Waals surface area contributed by atoms with Crippen LogP contribution in [0.2, 0.25) is 0 Å². The minimum Gasteiger partial charge on any atom is -0.487 e. The van der Waals surface area contributed by atoms with Gasteiger partial charge in [-0.3, -0.25) is 10.1 Å². The first-order valence-electron chi connectivity index (χ1n) is 7.27. The van der Waals surface area contributed by atoms with E-state index in [1.165, 1.54) is 31.7 Å². The normalized spacial score (nSPS) is 27.8. The maximum absolute atomic E-state index is 11.1. The van der Waals surface area contributed by atoms with Gasteiger partial charge in [0.1, 0.15) is 0 Å². The van der Waals surface area contributed by atoms with Crippen LogP contribution in [0.5, 0.6) is 5.75 Å². The zero-order chi connectivity index (χ0) is 14.1. The highest BCUT2D eigenvalue weighted by atomic mass is 16.6. The summed E-state index contributed by atoms with van der Waals surface area (Å²) in [7, 11) is 0. The molecule has 2 saturated carbocycles. The molecule has 2 aliphatic rings. The third kappa shape index (κ3) is 2.50. The van der Waals surface area contributed by atoms with Crippen LogP contribution in [0.4, 0.5) is 5.69 Å². The molecular weight excluding hydrogens is 256 g/mol. The first-order valence-corrected chi connectivity index (χ1v) is 7.27. The van der Waals surface area contributed by atoms with Crippen LogP contribution >= 0.6 is 0 Å². The van der Waals surface area contributed by atoms with Gasteiger partial charge in [0.2, 0.25) is 0 Å². The van der Waals surface area contributed by atoms with Crippen molar-refractivity contribution in [3.05, 3.63) is 33.9 Å². The number of hydrogen-bond donors (Lipinski definition) is 1. The zero-order valence-corrected chi connectivity index (χ0v) is 11.5. The van der Waals surface area contributed by atoms with E-state index in [-0.39, 0.29) is 5.69 Å². The van der Waals surface area contributed by atoms with Crippen molar-refractivity contribution in [3.63, 3.8) is 0 Å². The largest absolute Gasteiger partial charge is 0.487 e. The summed E-state index contributed by atoms with van der Waals surface area (Å²) in [5.41, 5.74) is 6.30. The van der Waals surface area contributed by atoms with E-state index in [0.717, 1.165) is 17.4 Å². The summed E-state index contributed by atoms with van der Waals surface area (Å²) in [6, 6.07) is 4.98. The molecule has 5 nitrogen and oxygen atoms in total. The number of nitro groups is 1. The van der Waals surface area contributed by atoms with Gasteiger partial charge in [-0.15, -0.1) is 0 Å². The molecule has 2 fully saturated rings. The van der Waals surface area contributed by atoms with Gasteiger partial charge in [0.25, 0.3) is 0 Å². The molecule has 1 aromatic rings. The van der Waals surface area contributed by atoms with Gasteiger partial charge in [-0.25, -0.2) is 0 Å². The Morgan fingerprint density at radius 1 is 1.35 bits per heavy atom. The summed E-state index contributed by atoms with van der Waals surface area (Å²) >= 11 is 0. The molecule has 3 unspecified atom stereocenters. The predicted molar refractivity (Wildman–Crippen MR) is 75.4 cm³/mol.